The van der Waals surface area contributed by atoms with Crippen LogP contribution in [0.4, 0.5) is 0 Å². The van der Waals surface area contributed by atoms with Crippen molar-refractivity contribution in [3.63, 3.8) is 0 Å². The van der Waals surface area contributed by atoms with Crippen molar-refractivity contribution in [2.45, 2.75) is 59.0 Å². The molecule has 1 aliphatic carbocycles. The van der Waals surface area contributed by atoms with Crippen molar-refractivity contribution >= 4 is 11.8 Å². The Morgan fingerprint density at radius 1 is 1.17 bits per heavy atom. The summed E-state index contributed by atoms with van der Waals surface area (Å²) < 4.78 is 5.46. The average Bonchev–Trinajstić information content (AvgIpc) is 2.73. The van der Waals surface area contributed by atoms with Gasteiger partial charge in [-0.05, 0) is 64.5 Å². The van der Waals surface area contributed by atoms with E-state index in [1.165, 1.54) is 11.1 Å². The Morgan fingerprint density at radius 2 is 1.91 bits per heavy atom. The first-order valence-corrected chi connectivity index (χ1v) is 8.31. The highest BCUT2D eigenvalue weighted by Gasteiger charge is 2.36. The van der Waals surface area contributed by atoms with Crippen LogP contribution < -0.4 is 0 Å². The third-order valence-electron chi connectivity index (χ3n) is 4.69. The first-order chi connectivity index (χ1) is 10.9. The number of carbonyl (C=O) groups excluding carboxylic acids is 2. The van der Waals surface area contributed by atoms with Gasteiger partial charge in [0, 0.05) is 11.5 Å². The lowest BCUT2D eigenvalue weighted by Crippen LogP contribution is -2.14. The number of rotatable bonds is 1. The van der Waals surface area contributed by atoms with Crippen LogP contribution in [0, 0.1) is 5.92 Å². The summed E-state index contributed by atoms with van der Waals surface area (Å²) in [5, 5.41) is 0. The van der Waals surface area contributed by atoms with E-state index in [4.69, 9.17) is 4.74 Å². The van der Waals surface area contributed by atoms with E-state index in [0.29, 0.717) is 12.0 Å². The van der Waals surface area contributed by atoms with Crippen LogP contribution >= 0.6 is 0 Å². The number of carbonyl (C=O) groups is 2. The first-order valence-electron chi connectivity index (χ1n) is 8.31. The molecule has 0 aromatic heterocycles. The second kappa shape index (κ2) is 7.58. The van der Waals surface area contributed by atoms with E-state index in [0.717, 1.165) is 31.3 Å². The van der Waals surface area contributed by atoms with E-state index in [1.807, 2.05) is 12.2 Å². The number of ether oxygens (including phenoxy) is 1. The Bertz CT molecular complexity index is 604. The van der Waals surface area contributed by atoms with Crippen molar-refractivity contribution in [3.05, 3.63) is 47.1 Å². The Kier molecular flexibility index (Phi) is 5.75. The van der Waals surface area contributed by atoms with Gasteiger partial charge in [-0.3, -0.25) is 4.79 Å². The second-order valence-corrected chi connectivity index (χ2v) is 6.63. The fourth-order valence-corrected chi connectivity index (χ4v) is 3.09. The fourth-order valence-electron chi connectivity index (χ4n) is 3.09. The molecule has 2 rings (SSSR count). The molecule has 0 radical (unpaired) electrons. The maximum Gasteiger partial charge on any atom is 0.334 e. The zero-order chi connectivity index (χ0) is 17.0. The van der Waals surface area contributed by atoms with Gasteiger partial charge in [-0.1, -0.05) is 29.9 Å². The number of esters is 1. The van der Waals surface area contributed by atoms with Crippen LogP contribution in [0.2, 0.25) is 0 Å². The summed E-state index contributed by atoms with van der Waals surface area (Å²) in [6, 6.07) is 0. The monoisotopic (exact) mass is 314 g/mol. The Morgan fingerprint density at radius 3 is 2.61 bits per heavy atom. The van der Waals surface area contributed by atoms with Gasteiger partial charge in [0.1, 0.15) is 6.10 Å². The van der Waals surface area contributed by atoms with Crippen LogP contribution in [-0.2, 0) is 14.3 Å². The predicted octanol–water partition coefficient (Wildman–Crippen LogP) is 4.46. The molecule has 124 valence electrons. The number of hydrogen-bond donors (Lipinski definition) is 0. The normalized spacial score (nSPS) is 33.4. The van der Waals surface area contributed by atoms with Gasteiger partial charge in [-0.25, -0.2) is 4.79 Å². The van der Waals surface area contributed by atoms with Crippen molar-refractivity contribution in [1.29, 1.82) is 0 Å². The molecule has 0 amide bonds. The quantitative estimate of drug-likeness (QED) is 0.408. The molecule has 1 saturated heterocycles. The van der Waals surface area contributed by atoms with Crippen molar-refractivity contribution in [3.8, 4) is 0 Å². The highest BCUT2D eigenvalue weighted by molar-refractivity contribution is 5.93. The maximum absolute atomic E-state index is 11.9. The summed E-state index contributed by atoms with van der Waals surface area (Å²) >= 11 is 0. The van der Waals surface area contributed by atoms with Crippen molar-refractivity contribution in [1.82, 2.24) is 0 Å². The molecule has 1 fully saturated rings. The molecule has 23 heavy (non-hydrogen) atoms. The van der Waals surface area contributed by atoms with E-state index in [9.17, 15) is 9.59 Å². The molecule has 0 N–H and O–H groups in total. The van der Waals surface area contributed by atoms with Gasteiger partial charge in [0.2, 0.25) is 0 Å². The molecule has 0 unspecified atom stereocenters. The van der Waals surface area contributed by atoms with Gasteiger partial charge in [0.25, 0.3) is 0 Å². The third-order valence-corrected chi connectivity index (χ3v) is 4.69. The maximum atomic E-state index is 11.9. The van der Waals surface area contributed by atoms with Gasteiger partial charge < -0.3 is 4.74 Å². The van der Waals surface area contributed by atoms with Gasteiger partial charge in [0.15, 0.2) is 5.78 Å². The van der Waals surface area contributed by atoms with Gasteiger partial charge in [0.05, 0.1) is 0 Å². The van der Waals surface area contributed by atoms with Crippen molar-refractivity contribution in [2.24, 2.45) is 5.92 Å². The average molecular weight is 314 g/mol. The predicted molar refractivity (Wildman–Crippen MR) is 91.9 cm³/mol. The van der Waals surface area contributed by atoms with E-state index >= 15 is 0 Å². The molecule has 1 aliphatic heterocycles. The van der Waals surface area contributed by atoms with Crippen molar-refractivity contribution < 1.29 is 14.3 Å². The topological polar surface area (TPSA) is 43.4 Å². The highest BCUT2D eigenvalue weighted by Crippen LogP contribution is 2.32. The summed E-state index contributed by atoms with van der Waals surface area (Å²) in [7, 11) is 0. The molecule has 0 saturated carbocycles. The fraction of sp³-hybridized carbons (Fsp3) is 0.500. The van der Waals surface area contributed by atoms with Gasteiger partial charge >= 0.3 is 5.97 Å². The molecule has 2 aliphatic rings. The van der Waals surface area contributed by atoms with E-state index in [1.54, 1.807) is 6.92 Å². The highest BCUT2D eigenvalue weighted by atomic mass is 16.5. The van der Waals surface area contributed by atoms with Crippen LogP contribution in [0.25, 0.3) is 0 Å². The summed E-state index contributed by atoms with van der Waals surface area (Å²) in [5.74, 6) is -0.280. The lowest BCUT2D eigenvalue weighted by atomic mass is 9.90. The molecule has 3 nitrogen and oxygen atoms in total. The molecule has 0 aromatic rings. The summed E-state index contributed by atoms with van der Waals surface area (Å²) in [4.78, 5) is 23.7. The van der Waals surface area contributed by atoms with Crippen molar-refractivity contribution in [2.75, 3.05) is 0 Å². The lowest BCUT2D eigenvalue weighted by Gasteiger charge is -2.14. The Hall–Kier alpha value is -1.90. The summed E-state index contributed by atoms with van der Waals surface area (Å²) in [6.45, 7) is 9.69. The summed E-state index contributed by atoms with van der Waals surface area (Å²) in [5.41, 5.74) is 3.90. The lowest BCUT2D eigenvalue weighted by molar-refractivity contribution is -0.137. The number of ketones is 1. The molecule has 0 spiro atoms. The SMILES string of the molecule is C=C1C(=O)O[C@H]2/C=C(\C)CC/C=C(\C)CC/C(C(C)=O)=C\C[C@@H]12. The van der Waals surface area contributed by atoms with Crippen LogP contribution in [0.15, 0.2) is 47.1 Å². The Labute approximate surface area is 138 Å². The minimum Gasteiger partial charge on any atom is -0.454 e. The van der Waals surface area contributed by atoms with E-state index < -0.39 is 0 Å². The van der Waals surface area contributed by atoms with E-state index in [2.05, 4.69) is 26.5 Å². The van der Waals surface area contributed by atoms with Crippen LogP contribution in [-0.4, -0.2) is 17.9 Å². The molecular weight excluding hydrogens is 288 g/mol. The second-order valence-electron chi connectivity index (χ2n) is 6.63. The number of hydrogen-bond acceptors (Lipinski definition) is 3. The molecule has 2 atom stereocenters. The number of fused-ring (bicyclic) bond motifs is 1. The molecular formula is C20H26O3. The smallest absolute Gasteiger partial charge is 0.334 e. The van der Waals surface area contributed by atoms with Gasteiger partial charge in [-0.2, -0.15) is 0 Å². The molecule has 3 heteroatoms. The molecule has 0 bridgehead atoms. The molecule has 1 heterocycles. The van der Waals surface area contributed by atoms with Gasteiger partial charge in [-0.15, -0.1) is 0 Å². The first kappa shape index (κ1) is 17.5. The zero-order valence-electron chi connectivity index (χ0n) is 14.4. The minimum absolute atomic E-state index is 0.0680. The minimum atomic E-state index is -0.315. The van der Waals surface area contributed by atoms with E-state index in [-0.39, 0.29) is 23.8 Å². The largest absolute Gasteiger partial charge is 0.454 e. The molecule has 0 aromatic carbocycles. The van der Waals surface area contributed by atoms with Crippen LogP contribution in [0.5, 0.6) is 0 Å². The standard InChI is InChI=1S/C20H26O3/c1-13-6-5-7-14(2)12-19-18(15(3)20(22)23-19)11-10-17(9-8-13)16(4)21/h6,10,12,18-19H,3,5,7-9,11H2,1-2,4H3/b13-6+,14-12+,17-10+/t18-,19-/m0/s1. The summed E-state index contributed by atoms with van der Waals surface area (Å²) in [6.07, 6.45) is 10.2. The number of Topliss-reactive ketones (excluding diaryl/α,β-unsaturated/α-hetero) is 1. The number of allylic oxidation sites excluding steroid dienone is 5. The van der Waals surface area contributed by atoms with Crippen LogP contribution in [0.3, 0.4) is 0 Å². The van der Waals surface area contributed by atoms with Crippen LogP contribution in [0.1, 0.15) is 52.9 Å². The zero-order valence-corrected chi connectivity index (χ0v) is 14.4. The Balaban J connectivity index is 2.32. The third kappa shape index (κ3) is 4.54.